The van der Waals surface area contributed by atoms with Gasteiger partial charge in [0.2, 0.25) is 0 Å². The molecule has 1 heterocycles. The third-order valence-electron chi connectivity index (χ3n) is 1.87. The van der Waals surface area contributed by atoms with Crippen molar-refractivity contribution in [3.63, 3.8) is 0 Å². The van der Waals surface area contributed by atoms with Gasteiger partial charge < -0.3 is 14.2 Å². The zero-order valence-electron chi connectivity index (χ0n) is 9.88. The van der Waals surface area contributed by atoms with Crippen LogP contribution in [0.4, 0.5) is 13.2 Å². The zero-order valence-corrected chi connectivity index (χ0v) is 12.0. The number of alkyl halides is 3. The van der Waals surface area contributed by atoms with Crippen molar-refractivity contribution in [2.24, 2.45) is 0 Å². The highest BCUT2D eigenvalue weighted by Gasteiger charge is 2.36. The minimum absolute atomic E-state index is 0.0115. The number of esters is 1. The monoisotopic (exact) mass is 391 g/mol. The van der Waals surface area contributed by atoms with Gasteiger partial charge in [0.15, 0.2) is 11.5 Å². The Labute approximate surface area is 120 Å². The molecule has 5 nitrogen and oxygen atoms in total. The molecule has 1 aromatic rings. The van der Waals surface area contributed by atoms with E-state index in [1.54, 1.807) is 22.6 Å². The third kappa shape index (κ3) is 4.11. The van der Waals surface area contributed by atoms with Crippen molar-refractivity contribution in [1.29, 1.82) is 0 Å². The highest BCUT2D eigenvalue weighted by Crippen LogP contribution is 2.37. The number of halogens is 4. The molecule has 0 bridgehead atoms. The maximum atomic E-state index is 12.4. The van der Waals surface area contributed by atoms with Crippen LogP contribution in [0.5, 0.6) is 11.5 Å². The highest BCUT2D eigenvalue weighted by molar-refractivity contribution is 14.1. The van der Waals surface area contributed by atoms with Gasteiger partial charge in [-0.25, -0.2) is 9.78 Å². The average Bonchev–Trinajstić information content (AvgIpc) is 2.27. The summed E-state index contributed by atoms with van der Waals surface area (Å²) in [4.78, 5) is 15.4. The van der Waals surface area contributed by atoms with Crippen LogP contribution in [-0.2, 0) is 4.74 Å². The van der Waals surface area contributed by atoms with E-state index in [2.05, 4.69) is 14.5 Å². The van der Waals surface area contributed by atoms with Crippen molar-refractivity contribution >= 4 is 28.6 Å². The predicted octanol–water partition coefficient (Wildman–Crippen LogP) is 2.77. The molecule has 0 amide bonds. The summed E-state index contributed by atoms with van der Waals surface area (Å²) in [7, 11) is 1.14. The summed E-state index contributed by atoms with van der Waals surface area (Å²) in [5.41, 5.74) is -0.417. The fourth-order valence-corrected chi connectivity index (χ4v) is 1.80. The Hall–Kier alpha value is -1.26. The first-order valence-corrected chi connectivity index (χ1v) is 6.03. The van der Waals surface area contributed by atoms with E-state index in [1.807, 2.05) is 0 Å². The van der Waals surface area contributed by atoms with E-state index < -0.39 is 23.6 Å². The Kier molecular flexibility index (Phi) is 5.20. The van der Waals surface area contributed by atoms with E-state index in [-0.39, 0.29) is 16.1 Å². The number of hydrogen-bond donors (Lipinski definition) is 0. The molecule has 0 aliphatic heterocycles. The van der Waals surface area contributed by atoms with Crippen LogP contribution < -0.4 is 9.47 Å². The normalized spacial score (nSPS) is 11.1. The van der Waals surface area contributed by atoms with Crippen LogP contribution in [0.1, 0.15) is 17.3 Å². The number of nitrogens with zero attached hydrogens (tertiary/aromatic N) is 1. The molecule has 0 N–H and O–H groups in total. The molecule has 9 heteroatoms. The molecule has 0 aliphatic rings. The summed E-state index contributed by atoms with van der Waals surface area (Å²) in [6, 6.07) is 0. The van der Waals surface area contributed by atoms with Crippen molar-refractivity contribution in [3.05, 3.63) is 15.5 Å². The van der Waals surface area contributed by atoms with Crippen LogP contribution in [0.3, 0.4) is 0 Å². The van der Waals surface area contributed by atoms with Crippen LogP contribution in [0.25, 0.3) is 0 Å². The molecular formula is C10H9F3INO4. The molecule has 0 saturated heterocycles. The van der Waals surface area contributed by atoms with E-state index >= 15 is 0 Å². The molecule has 106 valence electrons. The van der Waals surface area contributed by atoms with Gasteiger partial charge in [0.05, 0.1) is 19.9 Å². The molecule has 0 unspecified atom stereocenters. The van der Waals surface area contributed by atoms with E-state index in [0.717, 1.165) is 13.3 Å². The van der Waals surface area contributed by atoms with Crippen LogP contribution in [-0.4, -0.2) is 31.0 Å². The maximum Gasteiger partial charge on any atom is 0.573 e. The third-order valence-corrected chi connectivity index (χ3v) is 2.69. The van der Waals surface area contributed by atoms with Gasteiger partial charge >= 0.3 is 12.3 Å². The molecule has 19 heavy (non-hydrogen) atoms. The Morgan fingerprint density at radius 1 is 1.47 bits per heavy atom. The Morgan fingerprint density at radius 3 is 2.58 bits per heavy atom. The molecule has 1 aromatic heterocycles. The smallest absolute Gasteiger partial charge is 0.491 e. The minimum Gasteiger partial charge on any atom is -0.491 e. The van der Waals surface area contributed by atoms with Crippen LogP contribution >= 0.6 is 22.6 Å². The lowest BCUT2D eigenvalue weighted by atomic mass is 10.2. The van der Waals surface area contributed by atoms with Crippen LogP contribution in [0.15, 0.2) is 6.20 Å². The number of carbonyl (C=O) groups is 1. The highest BCUT2D eigenvalue weighted by atomic mass is 127. The molecule has 0 radical (unpaired) electrons. The molecule has 0 aromatic carbocycles. The molecule has 0 fully saturated rings. The van der Waals surface area contributed by atoms with Gasteiger partial charge in [-0.3, -0.25) is 0 Å². The number of ether oxygens (including phenoxy) is 3. The summed E-state index contributed by atoms with van der Waals surface area (Å²) in [6.45, 7) is 1.54. The summed E-state index contributed by atoms with van der Waals surface area (Å²) >= 11 is 1.61. The Morgan fingerprint density at radius 2 is 2.11 bits per heavy atom. The average molecular weight is 391 g/mol. The number of methoxy groups -OCH3 is 1. The number of hydrogen-bond acceptors (Lipinski definition) is 5. The van der Waals surface area contributed by atoms with E-state index in [1.165, 1.54) is 6.92 Å². The molecule has 0 atom stereocenters. The quantitative estimate of drug-likeness (QED) is 0.449. The lowest BCUT2D eigenvalue weighted by molar-refractivity contribution is -0.275. The van der Waals surface area contributed by atoms with Crippen molar-refractivity contribution in [2.75, 3.05) is 13.7 Å². The minimum atomic E-state index is -4.96. The van der Waals surface area contributed by atoms with Gasteiger partial charge in [-0.05, 0) is 29.5 Å². The van der Waals surface area contributed by atoms with Gasteiger partial charge in [0.25, 0.3) is 0 Å². The topological polar surface area (TPSA) is 57.7 Å². The van der Waals surface area contributed by atoms with Crippen molar-refractivity contribution in [3.8, 4) is 11.5 Å². The Balaban J connectivity index is 3.36. The predicted molar refractivity (Wildman–Crippen MR) is 66.1 cm³/mol. The van der Waals surface area contributed by atoms with E-state index in [4.69, 9.17) is 4.74 Å². The summed E-state index contributed by atoms with van der Waals surface area (Å²) in [5, 5.41) is 0. The van der Waals surface area contributed by atoms with Crippen molar-refractivity contribution < 1.29 is 32.2 Å². The first-order chi connectivity index (χ1) is 8.80. The van der Waals surface area contributed by atoms with E-state index in [0.29, 0.717) is 0 Å². The van der Waals surface area contributed by atoms with Gasteiger partial charge in [0, 0.05) is 0 Å². The first kappa shape index (κ1) is 15.8. The lowest BCUT2D eigenvalue weighted by Crippen LogP contribution is -2.21. The lowest BCUT2D eigenvalue weighted by Gasteiger charge is -2.16. The summed E-state index contributed by atoms with van der Waals surface area (Å²) in [6.07, 6.45) is -3.93. The second-order valence-corrected chi connectivity index (χ2v) is 4.11. The fraction of sp³-hybridized carbons (Fsp3) is 0.400. The van der Waals surface area contributed by atoms with Crippen LogP contribution in [0, 0.1) is 3.70 Å². The number of aromatic nitrogens is 1. The molecule has 0 saturated carbocycles. The maximum absolute atomic E-state index is 12.4. The Bertz CT molecular complexity index is 479. The second kappa shape index (κ2) is 6.26. The molecule has 0 spiro atoms. The SMILES string of the molecule is CCOC(=O)c1c(I)ncc(OC)c1OC(F)(F)F. The largest absolute Gasteiger partial charge is 0.573 e. The first-order valence-electron chi connectivity index (χ1n) is 4.95. The summed E-state index contributed by atoms with van der Waals surface area (Å²) in [5.74, 6) is -2.02. The second-order valence-electron chi connectivity index (χ2n) is 3.09. The molecule has 0 aliphatic carbocycles. The van der Waals surface area contributed by atoms with Crippen LogP contribution in [0.2, 0.25) is 0 Å². The molecule has 1 rings (SSSR count). The van der Waals surface area contributed by atoms with Crippen molar-refractivity contribution in [2.45, 2.75) is 13.3 Å². The van der Waals surface area contributed by atoms with Gasteiger partial charge in [-0.1, -0.05) is 0 Å². The number of carbonyl (C=O) groups excluding carboxylic acids is 1. The standard InChI is InChI=1S/C10H9F3INO4/c1-3-18-9(16)6-7(19-10(11,12)13)5(17-2)4-15-8(6)14/h4H,3H2,1-2H3. The number of pyridine rings is 1. The van der Waals surface area contributed by atoms with Gasteiger partial charge in [-0.2, -0.15) is 0 Å². The molecular weight excluding hydrogens is 382 g/mol. The van der Waals surface area contributed by atoms with E-state index in [9.17, 15) is 18.0 Å². The van der Waals surface area contributed by atoms with Crippen molar-refractivity contribution in [1.82, 2.24) is 4.98 Å². The zero-order chi connectivity index (χ0) is 14.6. The van der Waals surface area contributed by atoms with Gasteiger partial charge in [-0.15, -0.1) is 13.2 Å². The van der Waals surface area contributed by atoms with Gasteiger partial charge in [0.1, 0.15) is 9.26 Å². The summed E-state index contributed by atoms with van der Waals surface area (Å²) < 4.78 is 50.3. The number of rotatable bonds is 4. The fourth-order valence-electron chi connectivity index (χ4n) is 1.20.